The lowest BCUT2D eigenvalue weighted by atomic mass is 10.1. The Kier molecular flexibility index (Phi) is 5.38. The van der Waals surface area contributed by atoms with E-state index in [1.54, 1.807) is 14.2 Å². The van der Waals surface area contributed by atoms with Crippen LogP contribution in [0.4, 0.5) is 0 Å². The molecule has 1 aromatic carbocycles. The molecule has 0 saturated carbocycles. The molecule has 2 atom stereocenters. The van der Waals surface area contributed by atoms with Gasteiger partial charge in [0, 0.05) is 12.8 Å². The molecular formula is C14H25NO2Si. The van der Waals surface area contributed by atoms with Gasteiger partial charge >= 0.3 is 0 Å². The molecule has 0 fully saturated rings. The first kappa shape index (κ1) is 15.2. The van der Waals surface area contributed by atoms with Crippen molar-refractivity contribution in [1.29, 1.82) is 0 Å². The van der Waals surface area contributed by atoms with E-state index in [4.69, 9.17) is 15.2 Å². The predicted octanol–water partition coefficient (Wildman–Crippen LogP) is 2.46. The van der Waals surface area contributed by atoms with Gasteiger partial charge in [-0.25, -0.2) is 0 Å². The largest absolute Gasteiger partial charge is 0.497 e. The van der Waals surface area contributed by atoms with Crippen molar-refractivity contribution >= 4 is 8.07 Å². The fourth-order valence-corrected chi connectivity index (χ4v) is 3.28. The molecule has 0 saturated heterocycles. The molecule has 0 aliphatic carbocycles. The molecule has 0 amide bonds. The molecule has 0 radical (unpaired) electrons. The van der Waals surface area contributed by atoms with Crippen molar-refractivity contribution in [1.82, 2.24) is 0 Å². The first-order valence-electron chi connectivity index (χ1n) is 6.29. The molecule has 2 N–H and O–H groups in total. The number of nitrogens with two attached hydrogens (primary N) is 1. The molecule has 0 heterocycles. The fraction of sp³-hybridized carbons (Fsp3) is 0.571. The highest BCUT2D eigenvalue weighted by molar-refractivity contribution is 6.77. The normalized spacial score (nSPS) is 15.2. The van der Waals surface area contributed by atoms with E-state index in [1.165, 1.54) is 5.56 Å². The molecular weight excluding hydrogens is 242 g/mol. The summed E-state index contributed by atoms with van der Waals surface area (Å²) in [6.45, 7) is 6.83. The number of methoxy groups -OCH3 is 2. The van der Waals surface area contributed by atoms with Crippen molar-refractivity contribution in [2.24, 2.45) is 5.73 Å². The average molecular weight is 267 g/mol. The number of hydrogen-bond donors (Lipinski definition) is 1. The minimum Gasteiger partial charge on any atom is -0.497 e. The summed E-state index contributed by atoms with van der Waals surface area (Å²) in [7, 11) is 2.03. The summed E-state index contributed by atoms with van der Waals surface area (Å²) in [5.41, 5.74) is 7.70. The maximum absolute atomic E-state index is 6.32. The van der Waals surface area contributed by atoms with Crippen LogP contribution in [-0.4, -0.2) is 34.1 Å². The zero-order valence-electron chi connectivity index (χ0n) is 12.1. The molecule has 0 bridgehead atoms. The highest BCUT2D eigenvalue weighted by Gasteiger charge is 2.30. The summed E-state index contributed by atoms with van der Waals surface area (Å²) < 4.78 is 10.7. The zero-order chi connectivity index (χ0) is 13.8. The van der Waals surface area contributed by atoms with Crippen LogP contribution in [0.2, 0.25) is 19.6 Å². The topological polar surface area (TPSA) is 44.5 Å². The lowest BCUT2D eigenvalue weighted by Crippen LogP contribution is -2.54. The van der Waals surface area contributed by atoms with Crippen LogP contribution in [0.15, 0.2) is 24.3 Å². The van der Waals surface area contributed by atoms with E-state index in [0.717, 1.165) is 12.2 Å². The van der Waals surface area contributed by atoms with Crippen molar-refractivity contribution in [3.05, 3.63) is 29.8 Å². The molecule has 0 aliphatic rings. The van der Waals surface area contributed by atoms with E-state index in [1.807, 2.05) is 12.1 Å². The first-order valence-corrected chi connectivity index (χ1v) is 9.87. The molecule has 0 spiro atoms. The first-order chi connectivity index (χ1) is 8.38. The highest BCUT2D eigenvalue weighted by atomic mass is 28.3. The van der Waals surface area contributed by atoms with Gasteiger partial charge in [-0.3, -0.25) is 0 Å². The summed E-state index contributed by atoms with van der Waals surface area (Å²) in [4.78, 5) is 0. The molecule has 4 heteroatoms. The van der Waals surface area contributed by atoms with Gasteiger partial charge < -0.3 is 15.2 Å². The van der Waals surface area contributed by atoms with Crippen molar-refractivity contribution in [2.45, 2.75) is 37.8 Å². The van der Waals surface area contributed by atoms with Crippen LogP contribution in [0.1, 0.15) is 5.56 Å². The van der Waals surface area contributed by atoms with Gasteiger partial charge in [0.15, 0.2) is 0 Å². The third-order valence-corrected chi connectivity index (χ3v) is 5.67. The van der Waals surface area contributed by atoms with Gasteiger partial charge in [-0.2, -0.15) is 0 Å². The van der Waals surface area contributed by atoms with Crippen LogP contribution >= 0.6 is 0 Å². The summed E-state index contributed by atoms with van der Waals surface area (Å²) in [5, 5.41) is 0. The van der Waals surface area contributed by atoms with Gasteiger partial charge in [0.2, 0.25) is 0 Å². The maximum Gasteiger partial charge on any atom is 0.118 e. The molecule has 1 rings (SSSR count). The van der Waals surface area contributed by atoms with Gasteiger partial charge in [-0.1, -0.05) is 31.8 Å². The van der Waals surface area contributed by atoms with E-state index >= 15 is 0 Å². The number of benzene rings is 1. The smallest absolute Gasteiger partial charge is 0.118 e. The molecule has 0 aliphatic heterocycles. The minimum atomic E-state index is -1.39. The Morgan fingerprint density at radius 2 is 1.67 bits per heavy atom. The zero-order valence-corrected chi connectivity index (χ0v) is 13.1. The highest BCUT2D eigenvalue weighted by Crippen LogP contribution is 2.18. The van der Waals surface area contributed by atoms with Crippen molar-refractivity contribution in [3.8, 4) is 5.75 Å². The monoisotopic (exact) mass is 267 g/mol. The molecule has 3 nitrogen and oxygen atoms in total. The van der Waals surface area contributed by atoms with E-state index in [9.17, 15) is 0 Å². The lowest BCUT2D eigenvalue weighted by Gasteiger charge is -2.32. The van der Waals surface area contributed by atoms with E-state index in [0.29, 0.717) is 0 Å². The van der Waals surface area contributed by atoms with Gasteiger partial charge in [0.25, 0.3) is 0 Å². The van der Waals surface area contributed by atoms with Crippen molar-refractivity contribution < 1.29 is 9.47 Å². The Hall–Kier alpha value is -0.843. The second kappa shape index (κ2) is 6.36. The quantitative estimate of drug-likeness (QED) is 0.805. The number of hydrogen-bond acceptors (Lipinski definition) is 3. The SMILES string of the molecule is COc1ccc(CC(OC)C(N)[Si](C)(C)C)cc1. The molecule has 0 aromatic heterocycles. The molecule has 1 aromatic rings. The Labute approximate surface area is 111 Å². The van der Waals surface area contributed by atoms with Crippen LogP contribution in [0.5, 0.6) is 5.75 Å². The van der Waals surface area contributed by atoms with Crippen LogP contribution in [-0.2, 0) is 11.2 Å². The van der Waals surface area contributed by atoms with Crippen molar-refractivity contribution in [3.63, 3.8) is 0 Å². The standard InChI is InChI=1S/C14H25NO2Si/c1-16-12-8-6-11(7-9-12)10-13(17-2)14(15)18(3,4)5/h6-9,13-14H,10,15H2,1-5H3. The van der Waals surface area contributed by atoms with Gasteiger partial charge in [0.1, 0.15) is 5.75 Å². The number of rotatable bonds is 6. The van der Waals surface area contributed by atoms with Crippen LogP contribution in [0.3, 0.4) is 0 Å². The van der Waals surface area contributed by atoms with Crippen LogP contribution in [0.25, 0.3) is 0 Å². The maximum atomic E-state index is 6.32. The van der Waals surface area contributed by atoms with Crippen LogP contribution < -0.4 is 10.5 Å². The Morgan fingerprint density at radius 1 is 1.11 bits per heavy atom. The summed E-state index contributed by atoms with van der Waals surface area (Å²) in [6, 6.07) is 8.09. The Balaban J connectivity index is 2.73. The van der Waals surface area contributed by atoms with Crippen LogP contribution in [0, 0.1) is 0 Å². The Morgan fingerprint density at radius 3 is 2.06 bits per heavy atom. The average Bonchev–Trinajstić information content (AvgIpc) is 2.34. The third kappa shape index (κ3) is 4.12. The molecule has 18 heavy (non-hydrogen) atoms. The van der Waals surface area contributed by atoms with Gasteiger partial charge in [-0.15, -0.1) is 0 Å². The van der Waals surface area contributed by atoms with E-state index < -0.39 is 8.07 Å². The number of ether oxygens (including phenoxy) is 2. The minimum absolute atomic E-state index is 0.0880. The van der Waals surface area contributed by atoms with Gasteiger partial charge in [0.05, 0.1) is 21.3 Å². The van der Waals surface area contributed by atoms with Crippen molar-refractivity contribution in [2.75, 3.05) is 14.2 Å². The molecule has 102 valence electrons. The van der Waals surface area contributed by atoms with E-state index in [2.05, 4.69) is 31.8 Å². The second-order valence-electron chi connectivity index (χ2n) is 5.72. The third-order valence-electron chi connectivity index (χ3n) is 3.30. The van der Waals surface area contributed by atoms with E-state index in [-0.39, 0.29) is 11.8 Å². The predicted molar refractivity (Wildman–Crippen MR) is 78.8 cm³/mol. The summed E-state index contributed by atoms with van der Waals surface area (Å²) in [6.07, 6.45) is 0.941. The summed E-state index contributed by atoms with van der Waals surface area (Å²) >= 11 is 0. The molecule has 2 unspecified atom stereocenters. The fourth-order valence-electron chi connectivity index (χ4n) is 1.91. The second-order valence-corrected chi connectivity index (χ2v) is 11.1. The van der Waals surface area contributed by atoms with Gasteiger partial charge in [-0.05, 0) is 24.1 Å². The lowest BCUT2D eigenvalue weighted by molar-refractivity contribution is 0.0976. The summed E-state index contributed by atoms with van der Waals surface area (Å²) in [5.74, 6) is 0.877. The Bertz CT molecular complexity index is 359.